The SMILES string of the molecule is CC1CN(S(=O)(=O)N2CCCN(c3ncc(C(F)(F)F)cc3Cl)CC2)CC(C)O1. The lowest BCUT2D eigenvalue weighted by Crippen LogP contribution is -2.53. The monoisotopic (exact) mass is 456 g/mol. The van der Waals surface area contributed by atoms with Crippen LogP contribution in [0.2, 0.25) is 5.02 Å². The molecule has 0 aliphatic carbocycles. The van der Waals surface area contributed by atoms with E-state index in [0.717, 1.165) is 12.3 Å². The van der Waals surface area contributed by atoms with Crippen molar-refractivity contribution < 1.29 is 26.3 Å². The van der Waals surface area contributed by atoms with Crippen molar-refractivity contribution in [2.45, 2.75) is 38.7 Å². The highest BCUT2D eigenvalue weighted by Crippen LogP contribution is 2.34. The second kappa shape index (κ2) is 8.54. The molecule has 2 unspecified atom stereocenters. The first-order valence-electron chi connectivity index (χ1n) is 9.37. The third kappa shape index (κ3) is 5.13. The Balaban J connectivity index is 1.72. The lowest BCUT2D eigenvalue weighted by Gasteiger charge is -2.37. The van der Waals surface area contributed by atoms with Gasteiger partial charge < -0.3 is 9.64 Å². The molecule has 0 radical (unpaired) electrons. The molecule has 0 saturated carbocycles. The summed E-state index contributed by atoms with van der Waals surface area (Å²) in [5.74, 6) is 0.229. The molecule has 164 valence electrons. The van der Waals surface area contributed by atoms with E-state index < -0.39 is 21.9 Å². The Labute approximate surface area is 173 Å². The molecule has 7 nitrogen and oxygen atoms in total. The van der Waals surface area contributed by atoms with Gasteiger partial charge in [0.05, 0.1) is 22.8 Å². The predicted molar refractivity (Wildman–Crippen MR) is 103 cm³/mol. The molecule has 29 heavy (non-hydrogen) atoms. The number of nitrogens with zero attached hydrogens (tertiary/aromatic N) is 4. The molecule has 2 fully saturated rings. The highest BCUT2D eigenvalue weighted by molar-refractivity contribution is 7.86. The van der Waals surface area contributed by atoms with Gasteiger partial charge in [0.2, 0.25) is 0 Å². The molecule has 0 spiro atoms. The van der Waals surface area contributed by atoms with Crippen molar-refractivity contribution in [2.75, 3.05) is 44.2 Å². The summed E-state index contributed by atoms with van der Waals surface area (Å²) in [6.07, 6.45) is -3.64. The smallest absolute Gasteiger partial charge is 0.373 e. The van der Waals surface area contributed by atoms with Gasteiger partial charge in [-0.15, -0.1) is 0 Å². The Morgan fingerprint density at radius 2 is 1.76 bits per heavy atom. The molecule has 2 atom stereocenters. The van der Waals surface area contributed by atoms with Crippen LogP contribution in [-0.2, 0) is 21.1 Å². The topological polar surface area (TPSA) is 66.0 Å². The minimum Gasteiger partial charge on any atom is -0.373 e. The van der Waals surface area contributed by atoms with E-state index in [2.05, 4.69) is 4.98 Å². The van der Waals surface area contributed by atoms with Gasteiger partial charge >= 0.3 is 6.18 Å². The molecule has 3 heterocycles. The van der Waals surface area contributed by atoms with Gasteiger partial charge in [-0.05, 0) is 26.3 Å². The summed E-state index contributed by atoms with van der Waals surface area (Å²) in [5.41, 5.74) is -0.916. The lowest BCUT2D eigenvalue weighted by molar-refractivity contribution is -0.137. The van der Waals surface area contributed by atoms with E-state index in [9.17, 15) is 21.6 Å². The second-order valence-corrected chi connectivity index (χ2v) is 9.68. The molecule has 0 bridgehead atoms. The van der Waals surface area contributed by atoms with Crippen LogP contribution in [0.4, 0.5) is 19.0 Å². The van der Waals surface area contributed by atoms with Gasteiger partial charge in [0.25, 0.3) is 10.2 Å². The van der Waals surface area contributed by atoms with Crippen molar-refractivity contribution in [1.29, 1.82) is 0 Å². The summed E-state index contributed by atoms with van der Waals surface area (Å²) in [5, 5.41) is -0.105. The third-order valence-corrected chi connectivity index (χ3v) is 7.19. The molecule has 2 saturated heterocycles. The molecule has 1 aromatic rings. The van der Waals surface area contributed by atoms with Gasteiger partial charge in [-0.1, -0.05) is 11.6 Å². The second-order valence-electron chi connectivity index (χ2n) is 7.35. The summed E-state index contributed by atoms with van der Waals surface area (Å²) >= 11 is 6.04. The van der Waals surface area contributed by atoms with E-state index in [4.69, 9.17) is 16.3 Å². The van der Waals surface area contributed by atoms with Crippen LogP contribution >= 0.6 is 11.6 Å². The number of anilines is 1. The van der Waals surface area contributed by atoms with Crippen LogP contribution < -0.4 is 4.90 Å². The Hall–Kier alpha value is -1.14. The number of aromatic nitrogens is 1. The first-order valence-corrected chi connectivity index (χ1v) is 11.1. The van der Waals surface area contributed by atoms with Gasteiger partial charge in [0.1, 0.15) is 5.82 Å². The van der Waals surface area contributed by atoms with E-state index >= 15 is 0 Å². The van der Waals surface area contributed by atoms with Gasteiger partial charge in [-0.25, -0.2) is 4.98 Å². The molecule has 12 heteroatoms. The first kappa shape index (κ1) is 22.5. The van der Waals surface area contributed by atoms with Gasteiger partial charge in [-0.3, -0.25) is 0 Å². The summed E-state index contributed by atoms with van der Waals surface area (Å²) in [6, 6.07) is 0.847. The average molecular weight is 457 g/mol. The minimum atomic E-state index is -4.52. The van der Waals surface area contributed by atoms with Crippen LogP contribution in [0.5, 0.6) is 0 Å². The summed E-state index contributed by atoms with van der Waals surface area (Å²) in [7, 11) is -3.66. The van der Waals surface area contributed by atoms with Crippen LogP contribution in [0, 0.1) is 0 Å². The largest absolute Gasteiger partial charge is 0.417 e. The van der Waals surface area contributed by atoms with E-state index in [-0.39, 0.29) is 36.1 Å². The maximum Gasteiger partial charge on any atom is 0.417 e. The van der Waals surface area contributed by atoms with Crippen LogP contribution in [0.25, 0.3) is 0 Å². The van der Waals surface area contributed by atoms with E-state index in [1.165, 1.54) is 8.61 Å². The van der Waals surface area contributed by atoms with Crippen molar-refractivity contribution in [3.63, 3.8) is 0 Å². The number of alkyl halides is 3. The molecule has 1 aromatic heterocycles. The number of hydrogen-bond donors (Lipinski definition) is 0. The molecular weight excluding hydrogens is 433 g/mol. The quantitative estimate of drug-likeness (QED) is 0.699. The molecule has 3 rings (SSSR count). The maximum atomic E-state index is 13.1. The fourth-order valence-electron chi connectivity index (χ4n) is 3.64. The van der Waals surface area contributed by atoms with Gasteiger partial charge in [-0.2, -0.15) is 30.2 Å². The number of halogens is 4. The number of hydrogen-bond acceptors (Lipinski definition) is 5. The predicted octanol–water partition coefficient (Wildman–Crippen LogP) is 2.62. The van der Waals surface area contributed by atoms with Crippen molar-refractivity contribution in [2.24, 2.45) is 0 Å². The van der Waals surface area contributed by atoms with Gasteiger partial charge in [0.15, 0.2) is 0 Å². The molecule has 0 N–H and O–H groups in total. The maximum absolute atomic E-state index is 13.1. The van der Waals surface area contributed by atoms with Gasteiger partial charge in [0, 0.05) is 45.5 Å². The fourth-order valence-corrected chi connectivity index (χ4v) is 5.72. The zero-order chi connectivity index (χ0) is 21.4. The zero-order valence-corrected chi connectivity index (χ0v) is 17.8. The molecule has 0 aromatic carbocycles. The highest BCUT2D eigenvalue weighted by Gasteiger charge is 2.36. The summed E-state index contributed by atoms with van der Waals surface area (Å²) in [6.45, 7) is 5.49. The first-order chi connectivity index (χ1) is 13.5. The van der Waals surface area contributed by atoms with Crippen molar-refractivity contribution in [3.8, 4) is 0 Å². The minimum absolute atomic E-state index is 0.105. The number of ether oxygens (including phenoxy) is 1. The van der Waals surface area contributed by atoms with E-state index in [1.54, 1.807) is 4.90 Å². The fraction of sp³-hybridized carbons (Fsp3) is 0.706. The average Bonchev–Trinajstić information content (AvgIpc) is 2.86. The van der Waals surface area contributed by atoms with Crippen LogP contribution in [0.1, 0.15) is 25.8 Å². The van der Waals surface area contributed by atoms with Crippen molar-refractivity contribution in [3.05, 3.63) is 22.8 Å². The Kier molecular flexibility index (Phi) is 6.64. The number of rotatable bonds is 3. The number of pyridine rings is 1. The van der Waals surface area contributed by atoms with Crippen LogP contribution in [-0.4, -0.2) is 73.5 Å². The Bertz CT molecular complexity index is 830. The van der Waals surface area contributed by atoms with E-state index in [0.29, 0.717) is 32.6 Å². The standard InChI is InChI=1S/C17H24ClF3N4O3S/c1-12-10-25(11-13(2)28-12)29(26,27)24-5-3-4-23(6-7-24)16-15(18)8-14(9-22-16)17(19,20)21/h8-9,12-13H,3-7,10-11H2,1-2H3. The molecular formula is C17H24ClF3N4O3S. The van der Waals surface area contributed by atoms with Crippen molar-refractivity contribution >= 4 is 27.6 Å². The van der Waals surface area contributed by atoms with E-state index in [1.807, 2.05) is 13.8 Å². The Morgan fingerprint density at radius 1 is 1.10 bits per heavy atom. The Morgan fingerprint density at radius 3 is 2.34 bits per heavy atom. The zero-order valence-electron chi connectivity index (χ0n) is 16.2. The highest BCUT2D eigenvalue weighted by atomic mass is 35.5. The molecule has 0 amide bonds. The summed E-state index contributed by atoms with van der Waals surface area (Å²) in [4.78, 5) is 5.61. The number of morpholine rings is 1. The summed E-state index contributed by atoms with van der Waals surface area (Å²) < 4.78 is 73.0. The molecule has 2 aliphatic heterocycles. The van der Waals surface area contributed by atoms with Crippen molar-refractivity contribution in [1.82, 2.24) is 13.6 Å². The lowest BCUT2D eigenvalue weighted by atomic mass is 10.2. The third-order valence-electron chi connectivity index (χ3n) is 4.94. The molecule has 2 aliphatic rings. The van der Waals surface area contributed by atoms with Crippen LogP contribution in [0.15, 0.2) is 12.3 Å². The van der Waals surface area contributed by atoms with Crippen LogP contribution in [0.3, 0.4) is 0 Å². The normalized spacial score (nSPS) is 25.8.